The van der Waals surface area contributed by atoms with E-state index < -0.39 is 18.0 Å². The molecule has 0 spiro atoms. The van der Waals surface area contributed by atoms with Gasteiger partial charge in [0.2, 0.25) is 0 Å². The summed E-state index contributed by atoms with van der Waals surface area (Å²) in [5.41, 5.74) is 5.32. The first-order valence-corrected chi connectivity index (χ1v) is 4.66. The second-order valence-electron chi connectivity index (χ2n) is 3.24. The van der Waals surface area contributed by atoms with Gasteiger partial charge in [0.05, 0.1) is 0 Å². The molecule has 4 N–H and O–H groups in total. The quantitative estimate of drug-likeness (QED) is 0.641. The molecule has 0 radical (unpaired) electrons. The van der Waals surface area contributed by atoms with Crippen molar-refractivity contribution in [2.75, 3.05) is 0 Å². The van der Waals surface area contributed by atoms with Gasteiger partial charge < -0.3 is 20.5 Å². The zero-order valence-corrected chi connectivity index (χ0v) is 8.64. The smallest absolute Gasteiger partial charge is 0.358 e. The van der Waals surface area contributed by atoms with E-state index in [1.54, 1.807) is 6.92 Å². The van der Waals surface area contributed by atoms with Crippen LogP contribution in [0.25, 0.3) is 0 Å². The lowest BCUT2D eigenvalue weighted by Crippen LogP contribution is -2.33. The van der Waals surface area contributed by atoms with E-state index in [4.69, 9.17) is 20.5 Å². The third-order valence-corrected chi connectivity index (χ3v) is 2.13. The highest BCUT2D eigenvalue weighted by Crippen LogP contribution is 2.16. The predicted molar refractivity (Wildman–Crippen MR) is 52.2 cm³/mol. The molecule has 88 valence electrons. The highest BCUT2D eigenvalue weighted by atomic mass is 16.5. The maximum absolute atomic E-state index is 10.8. The molecule has 0 unspecified atom stereocenters. The molecule has 1 aromatic heterocycles. The van der Waals surface area contributed by atoms with Crippen LogP contribution in [0.4, 0.5) is 0 Å². The molecule has 1 heterocycles. The minimum Gasteiger partial charge on any atom is -0.480 e. The number of hydrogen-bond acceptors (Lipinski definition) is 5. The van der Waals surface area contributed by atoms with Crippen LogP contribution in [0.5, 0.6) is 0 Å². The Balaban J connectivity index is 3.04. The maximum Gasteiger partial charge on any atom is 0.358 e. The van der Waals surface area contributed by atoms with E-state index in [1.165, 1.54) is 0 Å². The van der Waals surface area contributed by atoms with Crippen LogP contribution < -0.4 is 5.73 Å². The van der Waals surface area contributed by atoms with Gasteiger partial charge in [-0.15, -0.1) is 0 Å². The van der Waals surface area contributed by atoms with E-state index in [9.17, 15) is 9.59 Å². The Morgan fingerprint density at radius 3 is 2.56 bits per heavy atom. The fourth-order valence-electron chi connectivity index (χ4n) is 1.31. The summed E-state index contributed by atoms with van der Waals surface area (Å²) >= 11 is 0. The minimum absolute atomic E-state index is 0.107. The normalized spacial score (nSPS) is 12.4. The van der Waals surface area contributed by atoms with Crippen molar-refractivity contribution in [3.8, 4) is 0 Å². The molecule has 0 aliphatic heterocycles. The Morgan fingerprint density at radius 1 is 1.50 bits per heavy atom. The van der Waals surface area contributed by atoms with Crippen LogP contribution in [0, 0.1) is 0 Å². The molecule has 0 saturated heterocycles. The summed E-state index contributed by atoms with van der Waals surface area (Å²) in [6, 6.07) is -1.16. The fraction of sp³-hybridized carbons (Fsp3) is 0.444. The van der Waals surface area contributed by atoms with Crippen LogP contribution in [0.3, 0.4) is 0 Å². The van der Waals surface area contributed by atoms with Gasteiger partial charge in [0.1, 0.15) is 11.8 Å². The Bertz CT molecular complexity index is 412. The van der Waals surface area contributed by atoms with Crippen LogP contribution >= 0.6 is 0 Å². The van der Waals surface area contributed by atoms with Crippen molar-refractivity contribution >= 4 is 11.9 Å². The summed E-state index contributed by atoms with van der Waals surface area (Å²) in [6.07, 6.45) is 0.325. The Kier molecular flexibility index (Phi) is 3.62. The molecule has 0 amide bonds. The van der Waals surface area contributed by atoms with Crippen molar-refractivity contribution < 1.29 is 24.3 Å². The standard InChI is InChI=1S/C9H12N2O5/c1-2-6-4(3-5(10)8(12)13)7(9(14)15)11-16-6/h5H,2-3,10H2,1H3,(H,12,13)(H,14,15)/t5-/m1/s1. The molecule has 0 bridgehead atoms. The number of carbonyl (C=O) groups is 2. The summed E-state index contributed by atoms with van der Waals surface area (Å²) in [5, 5.41) is 20.8. The molecule has 1 aromatic rings. The summed E-state index contributed by atoms with van der Waals surface area (Å²) in [6.45, 7) is 1.75. The van der Waals surface area contributed by atoms with Crippen molar-refractivity contribution in [2.45, 2.75) is 25.8 Å². The molecule has 0 aliphatic rings. The number of carboxylic acids is 2. The summed E-state index contributed by atoms with van der Waals surface area (Å²) in [4.78, 5) is 21.4. The van der Waals surface area contributed by atoms with Crippen molar-refractivity contribution in [3.63, 3.8) is 0 Å². The lowest BCUT2D eigenvalue weighted by molar-refractivity contribution is -0.138. The van der Waals surface area contributed by atoms with Gasteiger partial charge in [-0.25, -0.2) is 4.79 Å². The van der Waals surface area contributed by atoms with Gasteiger partial charge in [-0.2, -0.15) is 0 Å². The van der Waals surface area contributed by atoms with Gasteiger partial charge in [-0.3, -0.25) is 4.79 Å². The topological polar surface area (TPSA) is 127 Å². The summed E-state index contributed by atoms with van der Waals surface area (Å²) in [7, 11) is 0. The highest BCUT2D eigenvalue weighted by molar-refractivity contribution is 5.87. The molecular formula is C9H12N2O5. The predicted octanol–water partition coefficient (Wildman–Crippen LogP) is -0.110. The second-order valence-corrected chi connectivity index (χ2v) is 3.24. The zero-order valence-electron chi connectivity index (χ0n) is 8.64. The van der Waals surface area contributed by atoms with Gasteiger partial charge >= 0.3 is 11.9 Å². The number of rotatable bonds is 5. The molecule has 7 heteroatoms. The van der Waals surface area contributed by atoms with Gasteiger partial charge in [0.15, 0.2) is 5.69 Å². The number of carboxylic acid groups (broad SMARTS) is 2. The first-order valence-electron chi connectivity index (χ1n) is 4.66. The first-order chi connectivity index (χ1) is 7.47. The van der Waals surface area contributed by atoms with Crippen molar-refractivity contribution in [2.24, 2.45) is 5.73 Å². The zero-order chi connectivity index (χ0) is 12.3. The molecule has 1 atom stereocenters. The first kappa shape index (κ1) is 12.2. The Morgan fingerprint density at radius 2 is 2.12 bits per heavy atom. The monoisotopic (exact) mass is 228 g/mol. The lowest BCUT2D eigenvalue weighted by atomic mass is 10.0. The van der Waals surface area contributed by atoms with Gasteiger partial charge in [0, 0.05) is 18.4 Å². The van der Waals surface area contributed by atoms with Crippen molar-refractivity contribution in [3.05, 3.63) is 17.0 Å². The van der Waals surface area contributed by atoms with E-state index in [0.717, 1.165) is 0 Å². The molecule has 0 saturated carbocycles. The minimum atomic E-state index is -1.25. The molecule has 16 heavy (non-hydrogen) atoms. The SMILES string of the molecule is CCc1onc(C(=O)O)c1C[C@@H](N)C(=O)O. The van der Waals surface area contributed by atoms with E-state index >= 15 is 0 Å². The van der Waals surface area contributed by atoms with Crippen LogP contribution in [-0.2, 0) is 17.6 Å². The van der Waals surface area contributed by atoms with Gasteiger partial charge in [-0.05, 0) is 0 Å². The molecule has 0 aliphatic carbocycles. The number of aromatic carboxylic acids is 1. The van der Waals surface area contributed by atoms with E-state index in [2.05, 4.69) is 5.16 Å². The second kappa shape index (κ2) is 4.75. The highest BCUT2D eigenvalue weighted by Gasteiger charge is 2.24. The Hall–Kier alpha value is -1.89. The Labute approximate surface area is 90.8 Å². The number of aliphatic carboxylic acids is 1. The van der Waals surface area contributed by atoms with Gasteiger partial charge in [-0.1, -0.05) is 12.1 Å². The van der Waals surface area contributed by atoms with Crippen LogP contribution in [-0.4, -0.2) is 33.4 Å². The lowest BCUT2D eigenvalue weighted by Gasteiger charge is -2.05. The van der Waals surface area contributed by atoms with E-state index in [1.807, 2.05) is 0 Å². The van der Waals surface area contributed by atoms with E-state index in [0.29, 0.717) is 12.2 Å². The number of nitrogens with zero attached hydrogens (tertiary/aromatic N) is 1. The largest absolute Gasteiger partial charge is 0.480 e. The van der Waals surface area contributed by atoms with Crippen molar-refractivity contribution in [1.29, 1.82) is 0 Å². The average Bonchev–Trinajstić information content (AvgIpc) is 2.60. The summed E-state index contributed by atoms with van der Waals surface area (Å²) in [5.74, 6) is -2.09. The number of nitrogens with two attached hydrogens (primary N) is 1. The molecule has 7 nitrogen and oxygen atoms in total. The van der Waals surface area contributed by atoms with Crippen LogP contribution in [0.1, 0.15) is 28.7 Å². The number of hydrogen-bond donors (Lipinski definition) is 3. The third kappa shape index (κ3) is 2.37. The van der Waals surface area contributed by atoms with Crippen LogP contribution in [0.15, 0.2) is 4.52 Å². The third-order valence-electron chi connectivity index (χ3n) is 2.13. The average molecular weight is 228 g/mol. The van der Waals surface area contributed by atoms with Gasteiger partial charge in [0.25, 0.3) is 0 Å². The molecule has 1 rings (SSSR count). The molecular weight excluding hydrogens is 216 g/mol. The van der Waals surface area contributed by atoms with Crippen molar-refractivity contribution in [1.82, 2.24) is 5.16 Å². The molecule has 0 aromatic carbocycles. The maximum atomic E-state index is 10.8. The van der Waals surface area contributed by atoms with Crippen LogP contribution in [0.2, 0.25) is 0 Å². The van der Waals surface area contributed by atoms with E-state index in [-0.39, 0.29) is 17.7 Å². The number of aromatic nitrogens is 1. The summed E-state index contributed by atoms with van der Waals surface area (Å²) < 4.78 is 4.81. The fourth-order valence-corrected chi connectivity index (χ4v) is 1.31. The number of aryl methyl sites for hydroxylation is 1. The molecule has 0 fully saturated rings.